The number of rotatable bonds is 4. The standard InChI is InChI=1S/C18H20FN5O3S2/c1-11-17(9-23(2)22-11)29(26,27)24-6-5-13(14(19)8-24)18(25)21-12-3-4-16-15(7-12)20-10-28-16/h3-4,7,9-10,13-14H,5-6,8H2,1-2H3,(H,21,25)/t13-,14-/m1/s1. The van der Waals surface area contributed by atoms with Gasteiger partial charge >= 0.3 is 0 Å². The molecule has 1 saturated heterocycles. The van der Waals surface area contributed by atoms with Crippen LogP contribution in [-0.4, -0.2) is 52.7 Å². The van der Waals surface area contributed by atoms with Gasteiger partial charge in [0.25, 0.3) is 0 Å². The molecule has 1 aliphatic heterocycles. The quantitative estimate of drug-likeness (QED) is 0.676. The number of nitrogens with one attached hydrogen (secondary N) is 1. The highest BCUT2D eigenvalue weighted by molar-refractivity contribution is 7.89. The average Bonchev–Trinajstić information content (AvgIpc) is 3.26. The van der Waals surface area contributed by atoms with Gasteiger partial charge in [0.15, 0.2) is 0 Å². The molecule has 0 saturated carbocycles. The Bertz CT molecular complexity index is 1170. The number of piperidine rings is 1. The highest BCUT2D eigenvalue weighted by Gasteiger charge is 2.40. The van der Waals surface area contributed by atoms with Crippen LogP contribution >= 0.6 is 11.3 Å². The highest BCUT2D eigenvalue weighted by Crippen LogP contribution is 2.28. The first-order valence-electron chi connectivity index (χ1n) is 9.04. The number of aryl methyl sites for hydroxylation is 2. The third kappa shape index (κ3) is 3.77. The molecule has 1 aromatic carbocycles. The van der Waals surface area contributed by atoms with Crippen LogP contribution in [0, 0.1) is 12.8 Å². The van der Waals surface area contributed by atoms with Gasteiger partial charge in [-0.25, -0.2) is 17.8 Å². The molecule has 2 atom stereocenters. The maximum atomic E-state index is 14.8. The van der Waals surface area contributed by atoms with Crippen molar-refractivity contribution in [3.8, 4) is 0 Å². The molecule has 0 bridgehead atoms. The smallest absolute Gasteiger partial charge is 0.246 e. The minimum Gasteiger partial charge on any atom is -0.326 e. The number of fused-ring (bicyclic) bond motifs is 1. The SMILES string of the molecule is Cc1nn(C)cc1S(=O)(=O)N1CC[C@@H](C(=O)Nc2ccc3scnc3c2)[C@H](F)C1. The summed E-state index contributed by atoms with van der Waals surface area (Å²) in [6, 6.07) is 5.33. The Morgan fingerprint density at radius 1 is 1.38 bits per heavy atom. The molecular weight excluding hydrogens is 417 g/mol. The van der Waals surface area contributed by atoms with E-state index in [0.717, 1.165) is 14.5 Å². The zero-order chi connectivity index (χ0) is 20.8. The summed E-state index contributed by atoms with van der Waals surface area (Å²) in [5.74, 6) is -1.37. The van der Waals surface area contributed by atoms with E-state index in [1.54, 1.807) is 31.6 Å². The van der Waals surface area contributed by atoms with Gasteiger partial charge in [0, 0.05) is 32.0 Å². The molecule has 0 spiro atoms. The normalized spacial score (nSPS) is 20.8. The third-order valence-corrected chi connectivity index (χ3v) is 7.80. The van der Waals surface area contributed by atoms with Crippen LogP contribution in [-0.2, 0) is 21.9 Å². The van der Waals surface area contributed by atoms with Crippen LogP contribution in [0.2, 0.25) is 0 Å². The van der Waals surface area contributed by atoms with Gasteiger partial charge in [-0.2, -0.15) is 9.40 Å². The number of alkyl halides is 1. The molecule has 3 aromatic rings. The number of carbonyl (C=O) groups excluding carboxylic acids is 1. The molecule has 2 aromatic heterocycles. The van der Waals surface area contributed by atoms with Gasteiger partial charge in [-0.1, -0.05) is 0 Å². The zero-order valence-corrected chi connectivity index (χ0v) is 17.5. The summed E-state index contributed by atoms with van der Waals surface area (Å²) < 4.78 is 44.0. The number of anilines is 1. The predicted molar refractivity (Wildman–Crippen MR) is 108 cm³/mol. The molecule has 8 nitrogen and oxygen atoms in total. The number of thiazole rings is 1. The van der Waals surface area contributed by atoms with Gasteiger partial charge in [-0.15, -0.1) is 11.3 Å². The number of benzene rings is 1. The van der Waals surface area contributed by atoms with Crippen molar-refractivity contribution >= 4 is 43.2 Å². The molecule has 0 unspecified atom stereocenters. The van der Waals surface area contributed by atoms with Crippen molar-refractivity contribution in [2.75, 3.05) is 18.4 Å². The Hall–Kier alpha value is -2.37. The Labute approximate surface area is 171 Å². The van der Waals surface area contributed by atoms with Crippen LogP contribution in [0.25, 0.3) is 10.2 Å². The molecule has 4 rings (SSSR count). The third-order valence-electron chi connectivity index (χ3n) is 5.03. The second-order valence-electron chi connectivity index (χ2n) is 7.05. The monoisotopic (exact) mass is 437 g/mol. The first-order valence-corrected chi connectivity index (χ1v) is 11.4. The van der Waals surface area contributed by atoms with Crippen molar-refractivity contribution < 1.29 is 17.6 Å². The van der Waals surface area contributed by atoms with Gasteiger partial charge in [-0.05, 0) is 31.5 Å². The fraction of sp³-hybridized carbons (Fsp3) is 0.389. The summed E-state index contributed by atoms with van der Waals surface area (Å²) >= 11 is 1.49. The summed E-state index contributed by atoms with van der Waals surface area (Å²) in [5.41, 5.74) is 3.38. The largest absolute Gasteiger partial charge is 0.326 e. The van der Waals surface area contributed by atoms with Crippen molar-refractivity contribution in [2.45, 2.75) is 24.4 Å². The first-order chi connectivity index (χ1) is 13.8. The van der Waals surface area contributed by atoms with Crippen molar-refractivity contribution in [3.05, 3.63) is 35.6 Å². The van der Waals surface area contributed by atoms with Crippen LogP contribution in [0.4, 0.5) is 10.1 Å². The van der Waals surface area contributed by atoms with E-state index in [1.165, 1.54) is 22.2 Å². The molecular formula is C18H20FN5O3S2. The van der Waals surface area contributed by atoms with E-state index in [-0.39, 0.29) is 24.4 Å². The maximum absolute atomic E-state index is 14.8. The molecule has 29 heavy (non-hydrogen) atoms. The van der Waals surface area contributed by atoms with Crippen molar-refractivity contribution in [1.82, 2.24) is 19.1 Å². The molecule has 0 aliphatic carbocycles. The molecule has 3 heterocycles. The summed E-state index contributed by atoms with van der Waals surface area (Å²) in [6.45, 7) is 1.30. The number of halogens is 1. The van der Waals surface area contributed by atoms with Crippen LogP contribution < -0.4 is 5.32 Å². The van der Waals surface area contributed by atoms with Gasteiger partial charge in [0.2, 0.25) is 15.9 Å². The Balaban J connectivity index is 1.45. The van der Waals surface area contributed by atoms with Crippen LogP contribution in [0.15, 0.2) is 34.8 Å². The van der Waals surface area contributed by atoms with Crippen LogP contribution in [0.5, 0.6) is 0 Å². The van der Waals surface area contributed by atoms with Gasteiger partial charge in [0.1, 0.15) is 11.1 Å². The number of carbonyl (C=O) groups is 1. The lowest BCUT2D eigenvalue weighted by Gasteiger charge is -2.33. The summed E-state index contributed by atoms with van der Waals surface area (Å²) in [5, 5.41) is 6.77. The number of sulfonamides is 1. The number of aromatic nitrogens is 3. The molecule has 11 heteroatoms. The second kappa shape index (κ2) is 7.47. The van der Waals surface area contributed by atoms with Gasteiger partial charge in [-0.3, -0.25) is 9.48 Å². The summed E-state index contributed by atoms with van der Waals surface area (Å²) in [4.78, 5) is 16.8. The first kappa shape index (κ1) is 19.9. The van der Waals surface area contributed by atoms with Gasteiger partial charge in [0.05, 0.1) is 27.3 Å². The minimum absolute atomic E-state index is 0.0617. The van der Waals surface area contributed by atoms with E-state index in [4.69, 9.17) is 0 Å². The minimum atomic E-state index is -3.86. The van der Waals surface area contributed by atoms with E-state index in [2.05, 4.69) is 15.4 Å². The Morgan fingerprint density at radius 2 is 2.17 bits per heavy atom. The van der Waals surface area contributed by atoms with E-state index in [0.29, 0.717) is 11.4 Å². The molecule has 1 aliphatic rings. The molecule has 154 valence electrons. The fourth-order valence-electron chi connectivity index (χ4n) is 3.53. The maximum Gasteiger partial charge on any atom is 0.246 e. The van der Waals surface area contributed by atoms with Gasteiger partial charge < -0.3 is 5.32 Å². The zero-order valence-electron chi connectivity index (χ0n) is 15.9. The van der Waals surface area contributed by atoms with Crippen molar-refractivity contribution in [1.29, 1.82) is 0 Å². The predicted octanol–water partition coefficient (Wildman–Crippen LogP) is 2.33. The fourth-order valence-corrected chi connectivity index (χ4v) is 5.85. The van der Waals surface area contributed by atoms with E-state index < -0.39 is 28.0 Å². The van der Waals surface area contributed by atoms with Crippen LogP contribution in [0.3, 0.4) is 0 Å². The van der Waals surface area contributed by atoms with E-state index >= 15 is 0 Å². The second-order valence-corrected chi connectivity index (χ2v) is 9.84. The number of nitrogens with zero attached hydrogens (tertiary/aromatic N) is 4. The van der Waals surface area contributed by atoms with E-state index in [9.17, 15) is 17.6 Å². The van der Waals surface area contributed by atoms with Crippen molar-refractivity contribution in [3.63, 3.8) is 0 Å². The lowest BCUT2D eigenvalue weighted by atomic mass is 9.95. The summed E-state index contributed by atoms with van der Waals surface area (Å²) in [6.07, 6.45) is -0.0889. The molecule has 1 fully saturated rings. The topological polar surface area (TPSA) is 97.2 Å². The number of hydrogen-bond acceptors (Lipinski definition) is 6. The van der Waals surface area contributed by atoms with E-state index in [1.807, 2.05) is 6.07 Å². The Kier molecular flexibility index (Phi) is 5.13. The highest BCUT2D eigenvalue weighted by atomic mass is 32.2. The van der Waals surface area contributed by atoms with Crippen LogP contribution in [0.1, 0.15) is 12.1 Å². The molecule has 1 amide bonds. The van der Waals surface area contributed by atoms with Crippen molar-refractivity contribution in [2.24, 2.45) is 13.0 Å². The lowest BCUT2D eigenvalue weighted by Crippen LogP contribution is -2.48. The molecule has 1 N–H and O–H groups in total. The number of hydrogen-bond donors (Lipinski definition) is 1. The number of amides is 1. The Morgan fingerprint density at radius 3 is 2.86 bits per heavy atom. The average molecular weight is 438 g/mol. The molecule has 0 radical (unpaired) electrons. The summed E-state index contributed by atoms with van der Waals surface area (Å²) in [7, 11) is -2.23. The lowest BCUT2D eigenvalue weighted by molar-refractivity contribution is -0.123.